The first-order valence-electron chi connectivity index (χ1n) is 4.53. The summed E-state index contributed by atoms with van der Waals surface area (Å²) in [5, 5.41) is 0. The molecule has 13 heavy (non-hydrogen) atoms. The highest BCUT2D eigenvalue weighted by atomic mass is 16.1. The maximum atomic E-state index is 11.0. The molecule has 0 aromatic heterocycles. The van der Waals surface area contributed by atoms with Crippen LogP contribution in [0.5, 0.6) is 0 Å². The Balaban J connectivity index is 2.27. The zero-order valence-corrected chi connectivity index (χ0v) is 7.71. The molecule has 1 nitrogen and oxygen atoms in total. The molecule has 0 aliphatic heterocycles. The van der Waals surface area contributed by atoms with Crippen LogP contribution in [0.4, 0.5) is 0 Å². The van der Waals surface area contributed by atoms with Gasteiger partial charge in [-0.25, -0.2) is 0 Å². The highest BCUT2D eigenvalue weighted by molar-refractivity contribution is 5.96. The predicted molar refractivity (Wildman–Crippen MR) is 53.4 cm³/mol. The Morgan fingerprint density at radius 2 is 1.85 bits per heavy atom. The molecule has 1 aliphatic rings. The standard InChI is InChI=1S/C12H12O/c1-9-2-4-10(5-3-9)11-6-7-12(13)8-11/h2-6H,7-8H2,1H3. The Bertz CT molecular complexity index is 357. The summed E-state index contributed by atoms with van der Waals surface area (Å²) < 4.78 is 0. The predicted octanol–water partition coefficient (Wildman–Crippen LogP) is 2.74. The third kappa shape index (κ3) is 1.69. The Morgan fingerprint density at radius 1 is 1.15 bits per heavy atom. The van der Waals surface area contributed by atoms with Crippen LogP contribution in [0.15, 0.2) is 30.3 Å². The number of ketones is 1. The van der Waals surface area contributed by atoms with Crippen molar-refractivity contribution in [3.63, 3.8) is 0 Å². The topological polar surface area (TPSA) is 17.1 Å². The first-order chi connectivity index (χ1) is 6.25. The zero-order chi connectivity index (χ0) is 9.26. The van der Waals surface area contributed by atoms with Gasteiger partial charge in [-0.15, -0.1) is 0 Å². The van der Waals surface area contributed by atoms with Crippen molar-refractivity contribution in [3.8, 4) is 0 Å². The molecule has 0 amide bonds. The van der Waals surface area contributed by atoms with Crippen molar-refractivity contribution in [2.24, 2.45) is 0 Å². The number of benzene rings is 1. The molecule has 0 unspecified atom stereocenters. The zero-order valence-electron chi connectivity index (χ0n) is 7.71. The van der Waals surface area contributed by atoms with Crippen LogP contribution in [0.25, 0.3) is 5.57 Å². The Hall–Kier alpha value is -1.37. The summed E-state index contributed by atoms with van der Waals surface area (Å²) in [6.45, 7) is 2.07. The Kier molecular flexibility index (Phi) is 2.01. The van der Waals surface area contributed by atoms with E-state index >= 15 is 0 Å². The number of hydrogen-bond donors (Lipinski definition) is 0. The van der Waals surface area contributed by atoms with E-state index in [2.05, 4.69) is 31.2 Å². The van der Waals surface area contributed by atoms with Gasteiger partial charge in [0.05, 0.1) is 0 Å². The number of Topliss-reactive ketones (excluding diaryl/α,β-unsaturated/α-hetero) is 1. The monoisotopic (exact) mass is 172 g/mol. The highest BCUT2D eigenvalue weighted by Crippen LogP contribution is 2.25. The molecule has 1 heteroatoms. The quantitative estimate of drug-likeness (QED) is 0.636. The number of carbonyl (C=O) groups is 1. The van der Waals surface area contributed by atoms with Crippen molar-refractivity contribution in [3.05, 3.63) is 41.5 Å². The van der Waals surface area contributed by atoms with Gasteiger partial charge in [0.1, 0.15) is 5.78 Å². The van der Waals surface area contributed by atoms with Crippen LogP contribution in [0.3, 0.4) is 0 Å². The van der Waals surface area contributed by atoms with E-state index in [1.807, 2.05) is 6.08 Å². The summed E-state index contributed by atoms with van der Waals surface area (Å²) in [6, 6.07) is 8.33. The largest absolute Gasteiger partial charge is 0.299 e. The van der Waals surface area contributed by atoms with Crippen molar-refractivity contribution in [2.75, 3.05) is 0 Å². The smallest absolute Gasteiger partial charge is 0.141 e. The van der Waals surface area contributed by atoms with E-state index in [4.69, 9.17) is 0 Å². The first kappa shape index (κ1) is 8.24. The lowest BCUT2D eigenvalue weighted by atomic mass is 10.0. The molecule has 66 valence electrons. The fourth-order valence-corrected chi connectivity index (χ4v) is 1.58. The molecule has 0 spiro atoms. The third-order valence-corrected chi connectivity index (χ3v) is 2.39. The lowest BCUT2D eigenvalue weighted by Crippen LogP contribution is -1.88. The summed E-state index contributed by atoms with van der Waals surface area (Å²) in [5.74, 6) is 0.329. The summed E-state index contributed by atoms with van der Waals surface area (Å²) in [4.78, 5) is 11.0. The summed E-state index contributed by atoms with van der Waals surface area (Å²) in [7, 11) is 0. The molecule has 0 bridgehead atoms. The average molecular weight is 172 g/mol. The summed E-state index contributed by atoms with van der Waals surface area (Å²) >= 11 is 0. The molecular weight excluding hydrogens is 160 g/mol. The second kappa shape index (κ2) is 3.17. The van der Waals surface area contributed by atoms with Crippen LogP contribution in [-0.2, 0) is 4.79 Å². The molecule has 0 heterocycles. The molecule has 0 atom stereocenters. The number of aryl methyl sites for hydroxylation is 1. The van der Waals surface area contributed by atoms with Gasteiger partial charge in [0.25, 0.3) is 0 Å². The summed E-state index contributed by atoms with van der Waals surface area (Å²) in [6.07, 6.45) is 3.26. The maximum Gasteiger partial charge on any atom is 0.141 e. The van der Waals surface area contributed by atoms with E-state index in [9.17, 15) is 4.79 Å². The molecule has 0 saturated carbocycles. The fraction of sp³-hybridized carbons (Fsp3) is 0.250. The van der Waals surface area contributed by atoms with Crippen molar-refractivity contribution < 1.29 is 4.79 Å². The van der Waals surface area contributed by atoms with E-state index in [1.165, 1.54) is 16.7 Å². The van der Waals surface area contributed by atoms with Gasteiger partial charge in [-0.2, -0.15) is 0 Å². The minimum atomic E-state index is 0.329. The van der Waals surface area contributed by atoms with Crippen molar-refractivity contribution in [1.82, 2.24) is 0 Å². The second-order valence-electron chi connectivity index (χ2n) is 3.51. The second-order valence-corrected chi connectivity index (χ2v) is 3.51. The van der Waals surface area contributed by atoms with Gasteiger partial charge in [0.2, 0.25) is 0 Å². The fourth-order valence-electron chi connectivity index (χ4n) is 1.58. The molecule has 0 fully saturated rings. The lowest BCUT2D eigenvalue weighted by Gasteiger charge is -2.00. The number of rotatable bonds is 1. The van der Waals surface area contributed by atoms with E-state index in [-0.39, 0.29) is 0 Å². The van der Waals surface area contributed by atoms with Gasteiger partial charge in [0, 0.05) is 12.8 Å². The molecule has 2 rings (SSSR count). The number of allylic oxidation sites excluding steroid dienone is 2. The van der Waals surface area contributed by atoms with Crippen LogP contribution in [0.1, 0.15) is 24.0 Å². The molecule has 1 aliphatic carbocycles. The minimum absolute atomic E-state index is 0.329. The molecule has 0 radical (unpaired) electrons. The van der Waals surface area contributed by atoms with Crippen LogP contribution in [0, 0.1) is 6.92 Å². The van der Waals surface area contributed by atoms with Crippen LogP contribution in [0.2, 0.25) is 0 Å². The van der Waals surface area contributed by atoms with Gasteiger partial charge in [-0.3, -0.25) is 4.79 Å². The molecular formula is C12H12O. The Labute approximate surface area is 78.1 Å². The van der Waals surface area contributed by atoms with Gasteiger partial charge >= 0.3 is 0 Å². The van der Waals surface area contributed by atoms with Crippen LogP contribution >= 0.6 is 0 Å². The van der Waals surface area contributed by atoms with E-state index < -0.39 is 0 Å². The highest BCUT2D eigenvalue weighted by Gasteiger charge is 2.13. The van der Waals surface area contributed by atoms with Crippen molar-refractivity contribution in [2.45, 2.75) is 19.8 Å². The summed E-state index contributed by atoms with van der Waals surface area (Å²) in [5.41, 5.74) is 3.63. The molecule has 0 saturated heterocycles. The SMILES string of the molecule is Cc1ccc(C2=CCC(=O)C2)cc1. The minimum Gasteiger partial charge on any atom is -0.299 e. The van der Waals surface area contributed by atoms with Gasteiger partial charge in [0.15, 0.2) is 0 Å². The average Bonchev–Trinajstić information content (AvgIpc) is 2.53. The molecule has 1 aromatic rings. The van der Waals surface area contributed by atoms with Crippen LogP contribution in [-0.4, -0.2) is 5.78 Å². The lowest BCUT2D eigenvalue weighted by molar-refractivity contribution is -0.116. The normalized spacial score (nSPS) is 16.1. The van der Waals surface area contributed by atoms with Crippen LogP contribution < -0.4 is 0 Å². The van der Waals surface area contributed by atoms with E-state index in [0.717, 1.165) is 0 Å². The third-order valence-electron chi connectivity index (χ3n) is 2.39. The van der Waals surface area contributed by atoms with Crippen molar-refractivity contribution >= 4 is 11.4 Å². The van der Waals surface area contributed by atoms with Gasteiger partial charge < -0.3 is 0 Å². The molecule has 1 aromatic carbocycles. The molecule has 0 N–H and O–H groups in total. The van der Waals surface area contributed by atoms with Crippen molar-refractivity contribution in [1.29, 1.82) is 0 Å². The van der Waals surface area contributed by atoms with Gasteiger partial charge in [-0.1, -0.05) is 35.9 Å². The van der Waals surface area contributed by atoms with Gasteiger partial charge in [-0.05, 0) is 18.1 Å². The maximum absolute atomic E-state index is 11.0. The van der Waals surface area contributed by atoms with E-state index in [1.54, 1.807) is 0 Å². The first-order valence-corrected chi connectivity index (χ1v) is 4.53. The van der Waals surface area contributed by atoms with E-state index in [0.29, 0.717) is 18.6 Å². The number of hydrogen-bond acceptors (Lipinski definition) is 1. The Morgan fingerprint density at radius 3 is 2.38 bits per heavy atom. The number of carbonyl (C=O) groups excluding carboxylic acids is 1.